The molecule has 0 aliphatic heterocycles. The van der Waals surface area contributed by atoms with Gasteiger partial charge in [0, 0.05) is 11.3 Å². The first-order valence-corrected chi connectivity index (χ1v) is 9.05. The highest BCUT2D eigenvalue weighted by molar-refractivity contribution is 7.09. The second kappa shape index (κ2) is 9.22. The molecule has 0 saturated heterocycles. The Bertz CT molecular complexity index is 712. The van der Waals surface area contributed by atoms with E-state index < -0.39 is 6.10 Å². The first-order valence-electron chi connectivity index (χ1n) is 8.17. The molecule has 1 N–H and O–H groups in total. The molecule has 0 aliphatic rings. The minimum atomic E-state index is -0.862. The molecule has 2 rings (SSSR count). The molecule has 0 fully saturated rings. The zero-order valence-electron chi connectivity index (χ0n) is 14.7. The number of esters is 1. The van der Waals surface area contributed by atoms with E-state index in [0.29, 0.717) is 24.3 Å². The van der Waals surface area contributed by atoms with Gasteiger partial charge in [-0.3, -0.25) is 9.59 Å². The summed E-state index contributed by atoms with van der Waals surface area (Å²) in [7, 11) is 1.54. The van der Waals surface area contributed by atoms with Gasteiger partial charge in [-0.05, 0) is 55.8 Å². The van der Waals surface area contributed by atoms with Gasteiger partial charge in [-0.25, -0.2) is 0 Å². The summed E-state index contributed by atoms with van der Waals surface area (Å²) in [6.45, 7) is 3.49. The Morgan fingerprint density at radius 1 is 1.28 bits per heavy atom. The van der Waals surface area contributed by atoms with Crippen LogP contribution in [0.2, 0.25) is 0 Å². The van der Waals surface area contributed by atoms with Gasteiger partial charge in [0.1, 0.15) is 5.75 Å². The van der Waals surface area contributed by atoms with Crippen molar-refractivity contribution in [2.45, 2.75) is 39.2 Å². The summed E-state index contributed by atoms with van der Waals surface area (Å²) in [5.41, 5.74) is 1.56. The molecular weight excluding hydrogens is 338 g/mol. The van der Waals surface area contributed by atoms with Gasteiger partial charge < -0.3 is 14.8 Å². The number of rotatable bonds is 8. The standard InChI is InChI=1S/C19H23NO4S/c1-13-9-10-17(23-3)16(12-13)20-19(22)14(2)24-18(21)8-4-6-15-7-5-11-25-15/h5,7,9-12,14H,4,6,8H2,1-3H3,(H,20,22)/t14-/m0/s1. The molecule has 0 spiro atoms. The lowest BCUT2D eigenvalue weighted by atomic mass is 10.2. The molecule has 1 atom stereocenters. The van der Waals surface area contributed by atoms with Gasteiger partial charge in [0.25, 0.3) is 5.91 Å². The van der Waals surface area contributed by atoms with Crippen molar-refractivity contribution in [1.29, 1.82) is 0 Å². The molecule has 0 aliphatic carbocycles. The van der Waals surface area contributed by atoms with Gasteiger partial charge in [0.2, 0.25) is 0 Å². The summed E-state index contributed by atoms with van der Waals surface area (Å²) >= 11 is 1.67. The van der Waals surface area contributed by atoms with Gasteiger partial charge in [-0.1, -0.05) is 12.1 Å². The number of thiophene rings is 1. The number of nitrogens with one attached hydrogen (secondary N) is 1. The summed E-state index contributed by atoms with van der Waals surface area (Å²) < 4.78 is 10.4. The van der Waals surface area contributed by atoms with Crippen molar-refractivity contribution in [2.24, 2.45) is 0 Å². The Morgan fingerprint density at radius 3 is 2.76 bits per heavy atom. The summed E-state index contributed by atoms with van der Waals surface area (Å²) in [6, 6.07) is 9.52. The first-order chi connectivity index (χ1) is 12.0. The van der Waals surface area contributed by atoms with E-state index in [0.717, 1.165) is 12.0 Å². The zero-order chi connectivity index (χ0) is 18.2. The van der Waals surface area contributed by atoms with Crippen molar-refractivity contribution >= 4 is 28.9 Å². The van der Waals surface area contributed by atoms with Crippen LogP contribution in [0.5, 0.6) is 5.75 Å². The van der Waals surface area contributed by atoms with E-state index in [1.54, 1.807) is 24.3 Å². The van der Waals surface area contributed by atoms with Crippen molar-refractivity contribution in [3.05, 3.63) is 46.2 Å². The zero-order valence-corrected chi connectivity index (χ0v) is 15.5. The SMILES string of the molecule is COc1ccc(C)cc1NC(=O)[C@H](C)OC(=O)CCCc1cccs1. The van der Waals surface area contributed by atoms with Crippen LogP contribution in [0, 0.1) is 6.92 Å². The molecule has 1 heterocycles. The third kappa shape index (κ3) is 5.90. The van der Waals surface area contributed by atoms with E-state index in [9.17, 15) is 9.59 Å². The number of anilines is 1. The number of carbonyl (C=O) groups excluding carboxylic acids is 2. The number of methoxy groups -OCH3 is 1. The first kappa shape index (κ1) is 19.0. The molecule has 0 unspecified atom stereocenters. The fourth-order valence-corrected chi connectivity index (χ4v) is 3.08. The monoisotopic (exact) mass is 361 g/mol. The van der Waals surface area contributed by atoms with E-state index in [4.69, 9.17) is 9.47 Å². The van der Waals surface area contributed by atoms with Crippen molar-refractivity contribution in [3.8, 4) is 5.75 Å². The second-order valence-corrected chi connectivity index (χ2v) is 6.79. The predicted molar refractivity (Wildman–Crippen MR) is 99.2 cm³/mol. The Labute approximate surface area is 152 Å². The maximum Gasteiger partial charge on any atom is 0.306 e. The maximum absolute atomic E-state index is 12.2. The Kier molecular flexibility index (Phi) is 7.01. The third-order valence-corrected chi connectivity index (χ3v) is 4.61. The van der Waals surface area contributed by atoms with E-state index in [-0.39, 0.29) is 11.9 Å². The number of ether oxygens (including phenoxy) is 2. The highest BCUT2D eigenvalue weighted by Crippen LogP contribution is 2.25. The molecule has 0 radical (unpaired) electrons. The fraction of sp³-hybridized carbons (Fsp3) is 0.368. The molecule has 5 nitrogen and oxygen atoms in total. The second-order valence-electron chi connectivity index (χ2n) is 5.76. The quantitative estimate of drug-likeness (QED) is 0.723. The molecular formula is C19H23NO4S. The number of hydrogen-bond donors (Lipinski definition) is 1. The molecule has 1 amide bonds. The van der Waals surface area contributed by atoms with Gasteiger partial charge in [-0.15, -0.1) is 11.3 Å². The Hall–Kier alpha value is -2.34. The Morgan fingerprint density at radius 2 is 2.08 bits per heavy atom. The van der Waals surface area contributed by atoms with Crippen LogP contribution in [0.3, 0.4) is 0 Å². The summed E-state index contributed by atoms with van der Waals surface area (Å²) in [5.74, 6) is -0.181. The number of amides is 1. The molecule has 25 heavy (non-hydrogen) atoms. The van der Waals surface area contributed by atoms with Crippen molar-refractivity contribution in [2.75, 3.05) is 12.4 Å². The van der Waals surface area contributed by atoms with Crippen LogP contribution in [-0.2, 0) is 20.7 Å². The van der Waals surface area contributed by atoms with E-state index >= 15 is 0 Å². The predicted octanol–water partition coefficient (Wildman–Crippen LogP) is 3.96. The van der Waals surface area contributed by atoms with Crippen LogP contribution in [0.15, 0.2) is 35.7 Å². The van der Waals surface area contributed by atoms with Crippen LogP contribution < -0.4 is 10.1 Å². The van der Waals surface area contributed by atoms with Crippen LogP contribution in [0.1, 0.15) is 30.2 Å². The van der Waals surface area contributed by atoms with Crippen LogP contribution >= 0.6 is 11.3 Å². The largest absolute Gasteiger partial charge is 0.495 e. The third-order valence-electron chi connectivity index (χ3n) is 3.67. The summed E-state index contributed by atoms with van der Waals surface area (Å²) in [6.07, 6.45) is 0.982. The number of carbonyl (C=O) groups is 2. The van der Waals surface area contributed by atoms with Crippen molar-refractivity contribution < 1.29 is 19.1 Å². The van der Waals surface area contributed by atoms with Crippen molar-refractivity contribution in [3.63, 3.8) is 0 Å². The maximum atomic E-state index is 12.2. The van der Waals surface area contributed by atoms with E-state index in [1.807, 2.05) is 36.6 Å². The number of hydrogen-bond acceptors (Lipinski definition) is 5. The smallest absolute Gasteiger partial charge is 0.306 e. The lowest BCUT2D eigenvalue weighted by Gasteiger charge is -2.15. The highest BCUT2D eigenvalue weighted by Gasteiger charge is 2.19. The lowest BCUT2D eigenvalue weighted by Crippen LogP contribution is -2.30. The number of benzene rings is 1. The molecule has 0 saturated carbocycles. The van der Waals surface area contributed by atoms with Crippen LogP contribution in [-0.4, -0.2) is 25.1 Å². The lowest BCUT2D eigenvalue weighted by molar-refractivity contribution is -0.153. The average molecular weight is 361 g/mol. The van der Waals surface area contributed by atoms with Gasteiger partial charge in [-0.2, -0.15) is 0 Å². The topological polar surface area (TPSA) is 64.6 Å². The summed E-state index contributed by atoms with van der Waals surface area (Å²) in [5, 5.41) is 4.76. The fourth-order valence-electron chi connectivity index (χ4n) is 2.33. The molecule has 1 aromatic carbocycles. The minimum absolute atomic E-state index is 0.295. The summed E-state index contributed by atoms with van der Waals surface area (Å²) in [4.78, 5) is 25.4. The van der Waals surface area contributed by atoms with E-state index in [2.05, 4.69) is 5.32 Å². The molecule has 1 aromatic heterocycles. The van der Waals surface area contributed by atoms with Gasteiger partial charge in [0.05, 0.1) is 12.8 Å². The normalized spacial score (nSPS) is 11.6. The highest BCUT2D eigenvalue weighted by atomic mass is 32.1. The molecule has 6 heteroatoms. The Balaban J connectivity index is 1.81. The van der Waals surface area contributed by atoms with Crippen molar-refractivity contribution in [1.82, 2.24) is 0 Å². The van der Waals surface area contributed by atoms with Gasteiger partial charge >= 0.3 is 5.97 Å². The molecule has 0 bridgehead atoms. The van der Waals surface area contributed by atoms with Gasteiger partial charge in [0.15, 0.2) is 6.10 Å². The van der Waals surface area contributed by atoms with Crippen LogP contribution in [0.25, 0.3) is 0 Å². The minimum Gasteiger partial charge on any atom is -0.495 e. The van der Waals surface area contributed by atoms with Crippen LogP contribution in [0.4, 0.5) is 5.69 Å². The number of aryl methyl sites for hydroxylation is 2. The molecule has 134 valence electrons. The molecule has 2 aromatic rings. The average Bonchev–Trinajstić information content (AvgIpc) is 3.08. The van der Waals surface area contributed by atoms with E-state index in [1.165, 1.54) is 12.0 Å².